The second-order valence-electron chi connectivity index (χ2n) is 4.31. The highest BCUT2D eigenvalue weighted by atomic mass is 79.9. The van der Waals surface area contributed by atoms with Crippen molar-refractivity contribution in [2.24, 2.45) is 5.73 Å². The van der Waals surface area contributed by atoms with E-state index < -0.39 is 0 Å². The van der Waals surface area contributed by atoms with Gasteiger partial charge in [0.15, 0.2) is 0 Å². The van der Waals surface area contributed by atoms with Crippen LogP contribution in [0, 0.1) is 0 Å². The fraction of sp³-hybridized carbons (Fsp3) is 0.308. The van der Waals surface area contributed by atoms with Crippen molar-refractivity contribution in [3.63, 3.8) is 0 Å². The molecule has 0 aliphatic carbocycles. The third kappa shape index (κ3) is 3.77. The van der Waals surface area contributed by atoms with Gasteiger partial charge in [0, 0.05) is 34.0 Å². The van der Waals surface area contributed by atoms with Crippen molar-refractivity contribution in [1.29, 1.82) is 0 Å². The van der Waals surface area contributed by atoms with Gasteiger partial charge in [-0.2, -0.15) is 0 Å². The lowest BCUT2D eigenvalue weighted by atomic mass is 10.1. The third-order valence-electron chi connectivity index (χ3n) is 2.97. The molecule has 2 aromatic rings. The Balaban J connectivity index is 2.21. The molecule has 0 aliphatic heterocycles. The molecule has 19 heavy (non-hydrogen) atoms. The Labute approximate surface area is 130 Å². The molecule has 0 aliphatic rings. The molecule has 0 amide bonds. The maximum atomic E-state index is 6.28. The summed E-state index contributed by atoms with van der Waals surface area (Å²) in [4.78, 5) is 6.47. The number of hydrogen-bond donors (Lipinski definition) is 1. The molecule has 0 saturated carbocycles. The molecule has 3 nitrogen and oxygen atoms in total. The standard InChI is InChI=1S/C13H15BrClN3S/c1-18(6-10-7-19-8-17-10)13(5-16)11-4-9(14)2-3-12(11)15/h2-4,7-8,13H,5-6,16H2,1H3. The maximum Gasteiger partial charge on any atom is 0.0795 e. The van der Waals surface area contributed by atoms with E-state index in [0.717, 1.165) is 27.3 Å². The lowest BCUT2D eigenvalue weighted by molar-refractivity contribution is 0.239. The summed E-state index contributed by atoms with van der Waals surface area (Å²) < 4.78 is 1.01. The van der Waals surface area contributed by atoms with Crippen LogP contribution in [0.15, 0.2) is 33.6 Å². The summed E-state index contributed by atoms with van der Waals surface area (Å²) in [6, 6.07) is 5.92. The van der Waals surface area contributed by atoms with Crippen molar-refractivity contribution in [2.45, 2.75) is 12.6 Å². The molecule has 1 heterocycles. The molecular weight excluding hydrogens is 346 g/mol. The SMILES string of the molecule is CN(Cc1cscn1)C(CN)c1cc(Br)ccc1Cl. The van der Waals surface area contributed by atoms with Crippen LogP contribution in [-0.2, 0) is 6.54 Å². The van der Waals surface area contributed by atoms with Crippen LogP contribution in [0.4, 0.5) is 0 Å². The number of hydrogen-bond acceptors (Lipinski definition) is 4. The Kier molecular flexibility index (Phi) is 5.36. The Morgan fingerprint density at radius 2 is 2.32 bits per heavy atom. The quantitative estimate of drug-likeness (QED) is 0.884. The van der Waals surface area contributed by atoms with E-state index in [0.29, 0.717) is 6.54 Å². The molecule has 1 unspecified atom stereocenters. The Hall–Kier alpha value is -0.460. The first-order valence-corrected chi connectivity index (χ1v) is 7.95. The molecule has 102 valence electrons. The highest BCUT2D eigenvalue weighted by Gasteiger charge is 2.19. The average Bonchev–Trinajstić information content (AvgIpc) is 2.87. The van der Waals surface area contributed by atoms with Gasteiger partial charge in [-0.1, -0.05) is 27.5 Å². The van der Waals surface area contributed by atoms with E-state index in [9.17, 15) is 0 Å². The van der Waals surface area contributed by atoms with Gasteiger partial charge >= 0.3 is 0 Å². The van der Waals surface area contributed by atoms with Crippen molar-refractivity contribution >= 4 is 38.9 Å². The van der Waals surface area contributed by atoms with Crippen LogP contribution >= 0.6 is 38.9 Å². The molecule has 0 fully saturated rings. The Bertz CT molecular complexity index is 533. The Morgan fingerprint density at radius 1 is 1.53 bits per heavy atom. The first-order valence-electron chi connectivity index (χ1n) is 5.84. The van der Waals surface area contributed by atoms with Gasteiger partial charge in [0.1, 0.15) is 0 Å². The van der Waals surface area contributed by atoms with Crippen LogP contribution in [0.3, 0.4) is 0 Å². The smallest absolute Gasteiger partial charge is 0.0795 e. The minimum absolute atomic E-state index is 0.0756. The number of halogens is 2. The highest BCUT2D eigenvalue weighted by molar-refractivity contribution is 9.10. The molecule has 1 atom stereocenters. The molecule has 6 heteroatoms. The maximum absolute atomic E-state index is 6.28. The van der Waals surface area contributed by atoms with E-state index in [4.69, 9.17) is 17.3 Å². The Morgan fingerprint density at radius 3 is 2.95 bits per heavy atom. The van der Waals surface area contributed by atoms with Crippen LogP contribution in [-0.4, -0.2) is 23.5 Å². The molecule has 2 N–H and O–H groups in total. The zero-order valence-corrected chi connectivity index (χ0v) is 13.7. The molecule has 1 aromatic heterocycles. The first kappa shape index (κ1) is 14.9. The van der Waals surface area contributed by atoms with Gasteiger partial charge in [-0.3, -0.25) is 4.90 Å². The zero-order valence-electron chi connectivity index (χ0n) is 10.5. The van der Waals surface area contributed by atoms with Gasteiger partial charge in [-0.15, -0.1) is 11.3 Å². The van der Waals surface area contributed by atoms with Gasteiger partial charge in [0.05, 0.1) is 11.2 Å². The number of rotatable bonds is 5. The predicted molar refractivity (Wildman–Crippen MR) is 84.5 cm³/mol. The summed E-state index contributed by atoms with van der Waals surface area (Å²) in [5, 5.41) is 2.79. The fourth-order valence-corrected chi connectivity index (χ4v) is 3.17. The molecule has 0 radical (unpaired) electrons. The van der Waals surface area contributed by atoms with Crippen molar-refractivity contribution in [3.05, 3.63) is 49.8 Å². The van der Waals surface area contributed by atoms with E-state index in [1.54, 1.807) is 11.3 Å². The number of benzene rings is 1. The molecular formula is C13H15BrClN3S. The van der Waals surface area contributed by atoms with E-state index in [2.05, 4.69) is 25.8 Å². The lowest BCUT2D eigenvalue weighted by Gasteiger charge is -2.27. The summed E-state index contributed by atoms with van der Waals surface area (Å²) in [5.41, 5.74) is 9.85. The molecule has 1 aromatic carbocycles. The summed E-state index contributed by atoms with van der Waals surface area (Å²) in [7, 11) is 2.04. The summed E-state index contributed by atoms with van der Waals surface area (Å²) in [6.07, 6.45) is 0. The largest absolute Gasteiger partial charge is 0.329 e. The van der Waals surface area contributed by atoms with Gasteiger partial charge in [-0.25, -0.2) is 4.98 Å². The average molecular weight is 361 g/mol. The van der Waals surface area contributed by atoms with Crippen LogP contribution in [0.5, 0.6) is 0 Å². The van der Waals surface area contributed by atoms with Crippen LogP contribution in [0.25, 0.3) is 0 Å². The summed E-state index contributed by atoms with van der Waals surface area (Å²) in [6.45, 7) is 1.27. The lowest BCUT2D eigenvalue weighted by Crippen LogP contribution is -2.30. The highest BCUT2D eigenvalue weighted by Crippen LogP contribution is 2.29. The topological polar surface area (TPSA) is 42.2 Å². The van der Waals surface area contributed by atoms with Crippen molar-refractivity contribution in [3.8, 4) is 0 Å². The zero-order chi connectivity index (χ0) is 13.8. The molecule has 0 spiro atoms. The minimum Gasteiger partial charge on any atom is -0.329 e. The molecule has 0 bridgehead atoms. The number of likely N-dealkylation sites (N-methyl/N-ethyl adjacent to an activating group) is 1. The van der Waals surface area contributed by atoms with Crippen LogP contribution in [0.2, 0.25) is 5.02 Å². The normalized spacial score (nSPS) is 12.9. The second-order valence-corrected chi connectivity index (χ2v) is 6.35. The number of nitrogens with two attached hydrogens (primary N) is 1. The van der Waals surface area contributed by atoms with Gasteiger partial charge < -0.3 is 5.73 Å². The monoisotopic (exact) mass is 359 g/mol. The van der Waals surface area contributed by atoms with E-state index >= 15 is 0 Å². The summed E-state index contributed by atoms with van der Waals surface area (Å²) in [5.74, 6) is 0. The van der Waals surface area contributed by atoms with E-state index in [1.807, 2.05) is 36.1 Å². The van der Waals surface area contributed by atoms with Crippen molar-refractivity contribution in [2.75, 3.05) is 13.6 Å². The van der Waals surface area contributed by atoms with Crippen LogP contribution < -0.4 is 5.73 Å². The number of nitrogens with zero attached hydrogens (tertiary/aromatic N) is 2. The number of aromatic nitrogens is 1. The third-order valence-corrected chi connectivity index (χ3v) is 4.44. The fourth-order valence-electron chi connectivity index (χ4n) is 2.00. The van der Waals surface area contributed by atoms with Gasteiger partial charge in [0.2, 0.25) is 0 Å². The van der Waals surface area contributed by atoms with Gasteiger partial charge in [-0.05, 0) is 30.8 Å². The number of thiazole rings is 1. The predicted octanol–water partition coefficient (Wildman–Crippen LogP) is 3.69. The van der Waals surface area contributed by atoms with E-state index in [1.165, 1.54) is 0 Å². The van der Waals surface area contributed by atoms with E-state index in [-0.39, 0.29) is 6.04 Å². The molecule has 2 rings (SSSR count). The van der Waals surface area contributed by atoms with Crippen molar-refractivity contribution in [1.82, 2.24) is 9.88 Å². The van der Waals surface area contributed by atoms with Gasteiger partial charge in [0.25, 0.3) is 0 Å². The van der Waals surface area contributed by atoms with Crippen LogP contribution in [0.1, 0.15) is 17.3 Å². The second kappa shape index (κ2) is 6.81. The first-order chi connectivity index (χ1) is 9.11. The minimum atomic E-state index is 0.0756. The molecule has 0 saturated heterocycles. The summed E-state index contributed by atoms with van der Waals surface area (Å²) >= 11 is 11.4. The van der Waals surface area contributed by atoms with Crippen molar-refractivity contribution < 1.29 is 0 Å².